The highest BCUT2D eigenvalue weighted by atomic mass is 35.5. The van der Waals surface area contributed by atoms with Crippen molar-refractivity contribution >= 4 is 23.4 Å². The number of carbonyl (C=O) groups excluding carboxylic acids is 2. The second kappa shape index (κ2) is 4.62. The number of rotatable bonds is 2. The van der Waals surface area contributed by atoms with Crippen molar-refractivity contribution in [2.45, 2.75) is 0 Å². The molecule has 1 aromatic rings. The van der Waals surface area contributed by atoms with Crippen LogP contribution >= 0.6 is 11.6 Å². The van der Waals surface area contributed by atoms with Gasteiger partial charge < -0.3 is 0 Å². The zero-order chi connectivity index (χ0) is 9.68. The molecule has 0 aliphatic rings. The summed E-state index contributed by atoms with van der Waals surface area (Å²) in [5, 5.41) is 2.14. The van der Waals surface area contributed by atoms with Gasteiger partial charge in [0.05, 0.1) is 0 Å². The summed E-state index contributed by atoms with van der Waals surface area (Å²) in [5.41, 5.74) is 0.445. The minimum atomic E-state index is -0.490. The summed E-state index contributed by atoms with van der Waals surface area (Å²) in [6.07, 6.45) is 0. The Bertz CT molecular complexity index is 311. The fraction of sp³-hybridized carbons (Fsp3) is 0.111. The largest absolute Gasteiger partial charge is 0.291 e. The molecule has 2 amide bonds. The van der Waals surface area contributed by atoms with Gasteiger partial charge in [-0.15, -0.1) is 11.6 Å². The van der Waals surface area contributed by atoms with E-state index in [1.807, 2.05) is 0 Å². The third-order valence-corrected chi connectivity index (χ3v) is 1.65. The molecule has 0 fully saturated rings. The van der Waals surface area contributed by atoms with Crippen molar-refractivity contribution in [3.05, 3.63) is 35.9 Å². The number of hydrogen-bond acceptors (Lipinski definition) is 2. The molecule has 0 saturated heterocycles. The summed E-state index contributed by atoms with van der Waals surface area (Å²) in [5.74, 6) is -1.12. The lowest BCUT2D eigenvalue weighted by Gasteiger charge is -2.00. The van der Waals surface area contributed by atoms with Gasteiger partial charge in [-0.3, -0.25) is 14.9 Å². The monoisotopic (exact) mass is 197 g/mol. The zero-order valence-corrected chi connectivity index (χ0v) is 7.54. The Balaban J connectivity index is 2.65. The summed E-state index contributed by atoms with van der Waals surface area (Å²) in [6, 6.07) is 8.48. The minimum absolute atomic E-state index is 0.210. The predicted molar refractivity (Wildman–Crippen MR) is 49.6 cm³/mol. The van der Waals surface area contributed by atoms with Crippen molar-refractivity contribution < 1.29 is 9.59 Å². The average Bonchev–Trinajstić information content (AvgIpc) is 2.19. The first kappa shape index (κ1) is 9.74. The molecule has 0 aliphatic heterocycles. The quantitative estimate of drug-likeness (QED) is 0.724. The molecule has 0 spiro atoms. The first-order valence-corrected chi connectivity index (χ1v) is 4.22. The van der Waals surface area contributed by atoms with Crippen molar-refractivity contribution in [2.24, 2.45) is 0 Å². The van der Waals surface area contributed by atoms with Gasteiger partial charge in [0.25, 0.3) is 5.91 Å². The molecule has 4 heteroatoms. The maximum atomic E-state index is 11.2. The molecular weight excluding hydrogens is 190 g/mol. The summed E-state index contributed by atoms with van der Waals surface area (Å²) >= 11 is 5.22. The van der Waals surface area contributed by atoms with Crippen LogP contribution in [0.15, 0.2) is 30.3 Å². The van der Waals surface area contributed by atoms with Crippen molar-refractivity contribution in [1.29, 1.82) is 0 Å². The molecule has 68 valence electrons. The van der Waals surface area contributed by atoms with E-state index in [0.29, 0.717) is 5.56 Å². The Labute approximate surface area is 80.7 Å². The van der Waals surface area contributed by atoms with Crippen LogP contribution in [0.1, 0.15) is 10.4 Å². The van der Waals surface area contributed by atoms with Crippen LogP contribution in [0.4, 0.5) is 0 Å². The molecule has 1 rings (SSSR count). The third-order valence-electron chi connectivity index (χ3n) is 1.41. The lowest BCUT2D eigenvalue weighted by atomic mass is 10.2. The summed E-state index contributed by atoms with van der Waals surface area (Å²) in [7, 11) is 0. The van der Waals surface area contributed by atoms with Crippen LogP contribution in [0, 0.1) is 0 Å². The number of halogens is 1. The number of alkyl halides is 1. The highest BCUT2D eigenvalue weighted by molar-refractivity contribution is 6.28. The van der Waals surface area contributed by atoms with Gasteiger partial charge in [0.2, 0.25) is 5.91 Å². The maximum absolute atomic E-state index is 11.2. The summed E-state index contributed by atoms with van der Waals surface area (Å²) in [6.45, 7) is 0. The van der Waals surface area contributed by atoms with E-state index in [1.54, 1.807) is 30.3 Å². The molecule has 0 atom stereocenters. The minimum Gasteiger partial charge on any atom is -0.291 e. The van der Waals surface area contributed by atoms with Gasteiger partial charge in [-0.25, -0.2) is 0 Å². The Morgan fingerprint density at radius 1 is 1.23 bits per heavy atom. The summed E-state index contributed by atoms with van der Waals surface area (Å²) < 4.78 is 0. The molecule has 0 aliphatic carbocycles. The SMILES string of the molecule is O=C(CCl)NC(=O)c1ccccc1. The van der Waals surface area contributed by atoms with E-state index in [4.69, 9.17) is 11.6 Å². The number of imide groups is 1. The van der Waals surface area contributed by atoms with Gasteiger partial charge in [-0.1, -0.05) is 18.2 Å². The number of hydrogen-bond donors (Lipinski definition) is 1. The third kappa shape index (κ3) is 2.87. The molecule has 1 N–H and O–H groups in total. The normalized spacial score (nSPS) is 9.31. The van der Waals surface area contributed by atoms with Crippen LogP contribution in [-0.4, -0.2) is 17.7 Å². The number of benzene rings is 1. The predicted octanol–water partition coefficient (Wildman–Crippen LogP) is 1.18. The van der Waals surface area contributed by atoms with E-state index < -0.39 is 11.8 Å². The fourth-order valence-corrected chi connectivity index (χ4v) is 0.889. The van der Waals surface area contributed by atoms with E-state index in [1.165, 1.54) is 0 Å². The topological polar surface area (TPSA) is 46.2 Å². The smallest absolute Gasteiger partial charge is 0.257 e. The van der Waals surface area contributed by atoms with Crippen LogP contribution in [0.5, 0.6) is 0 Å². The van der Waals surface area contributed by atoms with Gasteiger partial charge in [0, 0.05) is 5.56 Å². The first-order chi connectivity index (χ1) is 6.24. The van der Waals surface area contributed by atoms with E-state index in [-0.39, 0.29) is 5.88 Å². The van der Waals surface area contributed by atoms with Gasteiger partial charge in [-0.2, -0.15) is 0 Å². The molecule has 0 saturated carbocycles. The lowest BCUT2D eigenvalue weighted by molar-refractivity contribution is -0.117. The van der Waals surface area contributed by atoms with Crippen LogP contribution in [-0.2, 0) is 4.79 Å². The van der Waals surface area contributed by atoms with Crippen LogP contribution in [0.3, 0.4) is 0 Å². The Morgan fingerprint density at radius 2 is 1.85 bits per heavy atom. The van der Waals surface area contributed by atoms with Gasteiger partial charge in [0.1, 0.15) is 5.88 Å². The fourth-order valence-electron chi connectivity index (χ4n) is 0.822. The Morgan fingerprint density at radius 3 is 2.38 bits per heavy atom. The molecule has 3 nitrogen and oxygen atoms in total. The highest BCUT2D eigenvalue weighted by Crippen LogP contribution is 1.97. The maximum Gasteiger partial charge on any atom is 0.257 e. The van der Waals surface area contributed by atoms with E-state index in [2.05, 4.69) is 5.32 Å². The standard InChI is InChI=1S/C9H8ClNO2/c10-6-8(12)11-9(13)7-4-2-1-3-5-7/h1-5H,6H2,(H,11,12,13). The van der Waals surface area contributed by atoms with Crippen LogP contribution in [0.25, 0.3) is 0 Å². The summed E-state index contributed by atoms with van der Waals surface area (Å²) in [4.78, 5) is 22.0. The number of amides is 2. The molecule has 0 aromatic heterocycles. The molecule has 0 bridgehead atoms. The van der Waals surface area contributed by atoms with Crippen LogP contribution < -0.4 is 5.32 Å². The number of carbonyl (C=O) groups is 2. The van der Waals surface area contributed by atoms with Gasteiger partial charge in [0.15, 0.2) is 0 Å². The zero-order valence-electron chi connectivity index (χ0n) is 6.79. The van der Waals surface area contributed by atoms with Crippen molar-refractivity contribution in [2.75, 3.05) is 5.88 Å². The second-order valence-corrected chi connectivity index (χ2v) is 2.64. The van der Waals surface area contributed by atoms with E-state index in [9.17, 15) is 9.59 Å². The molecular formula is C9H8ClNO2. The molecule has 13 heavy (non-hydrogen) atoms. The average molecular weight is 198 g/mol. The highest BCUT2D eigenvalue weighted by Gasteiger charge is 2.07. The molecule has 0 unspecified atom stereocenters. The Kier molecular flexibility index (Phi) is 3.46. The first-order valence-electron chi connectivity index (χ1n) is 3.69. The van der Waals surface area contributed by atoms with E-state index in [0.717, 1.165) is 0 Å². The lowest BCUT2D eigenvalue weighted by Crippen LogP contribution is -2.31. The molecule has 0 heterocycles. The van der Waals surface area contributed by atoms with Crippen molar-refractivity contribution in [3.63, 3.8) is 0 Å². The molecule has 1 aromatic carbocycles. The second-order valence-electron chi connectivity index (χ2n) is 2.38. The van der Waals surface area contributed by atoms with Gasteiger partial charge >= 0.3 is 0 Å². The Hall–Kier alpha value is -1.35. The van der Waals surface area contributed by atoms with E-state index >= 15 is 0 Å². The molecule has 0 radical (unpaired) electrons. The number of nitrogens with one attached hydrogen (secondary N) is 1. The van der Waals surface area contributed by atoms with Gasteiger partial charge in [-0.05, 0) is 12.1 Å². The van der Waals surface area contributed by atoms with Crippen molar-refractivity contribution in [3.8, 4) is 0 Å². The van der Waals surface area contributed by atoms with Crippen molar-refractivity contribution in [1.82, 2.24) is 5.32 Å². The van der Waals surface area contributed by atoms with Crippen LogP contribution in [0.2, 0.25) is 0 Å².